The summed E-state index contributed by atoms with van der Waals surface area (Å²) in [5, 5.41) is 0. The van der Waals surface area contributed by atoms with Gasteiger partial charge in [-0.3, -0.25) is 9.78 Å². The molecule has 2 heterocycles. The molecule has 3 rings (SSSR count). The van der Waals surface area contributed by atoms with Gasteiger partial charge >= 0.3 is 0 Å². The van der Waals surface area contributed by atoms with Gasteiger partial charge in [-0.15, -0.1) is 0 Å². The second-order valence-corrected chi connectivity index (χ2v) is 7.78. The van der Waals surface area contributed by atoms with Gasteiger partial charge in [0.2, 0.25) is 0 Å². The van der Waals surface area contributed by atoms with E-state index in [2.05, 4.69) is 14.6 Å². The van der Waals surface area contributed by atoms with E-state index in [-0.39, 0.29) is 4.90 Å². The standard InChI is InChI=1S/C17H20N4O3S/c1-21-7-6-15-13(11-21)9-19-10-16(15)17(22)20-25(23,24)14-4-2-12(8-18)3-5-14/h2-5,9-10H,6-8,11,18H2,1H3,(H,20,22). The third-order valence-corrected chi connectivity index (χ3v) is 5.62. The van der Waals surface area contributed by atoms with Crippen LogP contribution >= 0.6 is 0 Å². The monoisotopic (exact) mass is 360 g/mol. The van der Waals surface area contributed by atoms with E-state index in [0.717, 1.165) is 23.2 Å². The van der Waals surface area contributed by atoms with Crippen molar-refractivity contribution < 1.29 is 13.2 Å². The maximum absolute atomic E-state index is 12.5. The zero-order valence-corrected chi connectivity index (χ0v) is 14.7. The Morgan fingerprint density at radius 2 is 2.00 bits per heavy atom. The van der Waals surface area contributed by atoms with Gasteiger partial charge in [0, 0.05) is 32.0 Å². The van der Waals surface area contributed by atoms with E-state index in [1.807, 2.05) is 7.05 Å². The maximum atomic E-state index is 12.5. The van der Waals surface area contributed by atoms with E-state index in [1.165, 1.54) is 18.3 Å². The molecular formula is C17H20N4O3S. The van der Waals surface area contributed by atoms with E-state index in [0.29, 0.717) is 25.1 Å². The zero-order chi connectivity index (χ0) is 18.0. The lowest BCUT2D eigenvalue weighted by Crippen LogP contribution is -2.34. The van der Waals surface area contributed by atoms with Crippen molar-refractivity contribution >= 4 is 15.9 Å². The van der Waals surface area contributed by atoms with Crippen LogP contribution < -0.4 is 10.5 Å². The molecule has 0 saturated heterocycles. The molecule has 1 amide bonds. The molecule has 0 atom stereocenters. The number of fused-ring (bicyclic) bond motifs is 1. The van der Waals surface area contributed by atoms with Gasteiger partial charge in [-0.2, -0.15) is 0 Å². The van der Waals surface area contributed by atoms with Crippen molar-refractivity contribution in [1.29, 1.82) is 0 Å². The fourth-order valence-corrected chi connectivity index (χ4v) is 3.84. The summed E-state index contributed by atoms with van der Waals surface area (Å²) in [6, 6.07) is 6.12. The summed E-state index contributed by atoms with van der Waals surface area (Å²) < 4.78 is 27.0. The highest BCUT2D eigenvalue weighted by Gasteiger charge is 2.24. The van der Waals surface area contributed by atoms with Crippen molar-refractivity contribution in [1.82, 2.24) is 14.6 Å². The fourth-order valence-electron chi connectivity index (χ4n) is 2.87. The van der Waals surface area contributed by atoms with Crippen LogP contribution in [0.15, 0.2) is 41.6 Å². The van der Waals surface area contributed by atoms with Gasteiger partial charge in [-0.25, -0.2) is 13.1 Å². The molecule has 2 aromatic rings. The number of nitrogens with one attached hydrogen (secondary N) is 1. The minimum absolute atomic E-state index is 0.0236. The Morgan fingerprint density at radius 1 is 1.28 bits per heavy atom. The topological polar surface area (TPSA) is 105 Å². The molecule has 7 nitrogen and oxygen atoms in total. The first-order valence-electron chi connectivity index (χ1n) is 7.91. The van der Waals surface area contributed by atoms with Crippen LogP contribution in [0.4, 0.5) is 0 Å². The molecule has 0 saturated carbocycles. The third-order valence-electron chi connectivity index (χ3n) is 4.27. The number of hydrogen-bond donors (Lipinski definition) is 2. The van der Waals surface area contributed by atoms with E-state index in [4.69, 9.17) is 5.73 Å². The van der Waals surface area contributed by atoms with Crippen LogP contribution in [0.3, 0.4) is 0 Å². The Kier molecular flexibility index (Phi) is 4.85. The van der Waals surface area contributed by atoms with Crippen LogP contribution in [0.5, 0.6) is 0 Å². The molecule has 3 N–H and O–H groups in total. The predicted molar refractivity (Wildman–Crippen MR) is 93.3 cm³/mol. The average Bonchev–Trinajstić information content (AvgIpc) is 2.60. The van der Waals surface area contributed by atoms with E-state index >= 15 is 0 Å². The Balaban J connectivity index is 1.85. The van der Waals surface area contributed by atoms with Crippen molar-refractivity contribution in [2.45, 2.75) is 24.4 Å². The SMILES string of the molecule is CN1CCc2c(cncc2C(=O)NS(=O)(=O)c2ccc(CN)cc2)C1. The molecule has 132 valence electrons. The molecule has 0 bridgehead atoms. The van der Waals surface area contributed by atoms with Gasteiger partial charge < -0.3 is 10.6 Å². The Labute approximate surface area is 146 Å². The van der Waals surface area contributed by atoms with Gasteiger partial charge in [0.05, 0.1) is 10.5 Å². The molecular weight excluding hydrogens is 340 g/mol. The number of pyridine rings is 1. The minimum atomic E-state index is -3.95. The lowest BCUT2D eigenvalue weighted by atomic mass is 9.97. The Bertz CT molecular complexity index is 895. The van der Waals surface area contributed by atoms with Crippen molar-refractivity contribution in [3.63, 3.8) is 0 Å². The lowest BCUT2D eigenvalue weighted by molar-refractivity contribution is 0.0979. The molecule has 0 aliphatic carbocycles. The van der Waals surface area contributed by atoms with Crippen molar-refractivity contribution in [2.24, 2.45) is 5.73 Å². The van der Waals surface area contributed by atoms with E-state index < -0.39 is 15.9 Å². The first-order chi connectivity index (χ1) is 11.9. The normalized spacial score (nSPS) is 14.8. The van der Waals surface area contributed by atoms with Gasteiger partial charge in [0.15, 0.2) is 0 Å². The number of likely N-dealkylation sites (N-methyl/N-ethyl adjacent to an activating group) is 1. The second-order valence-electron chi connectivity index (χ2n) is 6.10. The summed E-state index contributed by atoms with van der Waals surface area (Å²) in [4.78, 5) is 18.8. The number of nitrogens with two attached hydrogens (primary N) is 1. The summed E-state index contributed by atoms with van der Waals surface area (Å²) in [7, 11) is -1.96. The minimum Gasteiger partial charge on any atom is -0.326 e. The zero-order valence-electron chi connectivity index (χ0n) is 13.9. The van der Waals surface area contributed by atoms with Gasteiger partial charge in [-0.1, -0.05) is 12.1 Å². The molecule has 8 heteroatoms. The molecule has 0 spiro atoms. The number of benzene rings is 1. The van der Waals surface area contributed by atoms with Crippen molar-refractivity contribution in [3.05, 3.63) is 58.9 Å². The lowest BCUT2D eigenvalue weighted by Gasteiger charge is -2.25. The van der Waals surface area contributed by atoms with Crippen molar-refractivity contribution in [2.75, 3.05) is 13.6 Å². The molecule has 1 aromatic carbocycles. The maximum Gasteiger partial charge on any atom is 0.266 e. The second kappa shape index (κ2) is 6.91. The Morgan fingerprint density at radius 3 is 2.68 bits per heavy atom. The van der Waals surface area contributed by atoms with Gasteiger partial charge in [0.1, 0.15) is 0 Å². The Hall–Kier alpha value is -2.29. The van der Waals surface area contributed by atoms with Crippen LogP contribution in [0.1, 0.15) is 27.0 Å². The molecule has 0 radical (unpaired) electrons. The third kappa shape index (κ3) is 3.71. The largest absolute Gasteiger partial charge is 0.326 e. The first kappa shape index (κ1) is 17.5. The molecule has 0 unspecified atom stereocenters. The number of nitrogens with zero attached hydrogens (tertiary/aromatic N) is 2. The molecule has 1 aromatic heterocycles. The average molecular weight is 360 g/mol. The molecule has 1 aliphatic heterocycles. The van der Waals surface area contributed by atoms with Crippen LogP contribution in [-0.4, -0.2) is 37.8 Å². The summed E-state index contributed by atoms with van der Waals surface area (Å²) in [5.41, 5.74) is 8.45. The number of aromatic nitrogens is 1. The highest BCUT2D eigenvalue weighted by atomic mass is 32.2. The van der Waals surface area contributed by atoms with Gasteiger partial charge in [0.25, 0.3) is 15.9 Å². The number of hydrogen-bond acceptors (Lipinski definition) is 6. The number of carbonyl (C=O) groups is 1. The van der Waals surface area contributed by atoms with Crippen LogP contribution in [0.2, 0.25) is 0 Å². The summed E-state index contributed by atoms with van der Waals surface area (Å²) in [5.74, 6) is -0.656. The van der Waals surface area contributed by atoms with E-state index in [9.17, 15) is 13.2 Å². The number of carbonyl (C=O) groups excluding carboxylic acids is 1. The molecule has 25 heavy (non-hydrogen) atoms. The van der Waals surface area contributed by atoms with Gasteiger partial charge in [-0.05, 0) is 42.3 Å². The summed E-state index contributed by atoms with van der Waals surface area (Å²) >= 11 is 0. The first-order valence-corrected chi connectivity index (χ1v) is 9.39. The van der Waals surface area contributed by atoms with E-state index in [1.54, 1.807) is 18.3 Å². The highest BCUT2D eigenvalue weighted by Crippen LogP contribution is 2.21. The summed E-state index contributed by atoms with van der Waals surface area (Å²) in [6.45, 7) is 1.82. The highest BCUT2D eigenvalue weighted by molar-refractivity contribution is 7.90. The van der Waals surface area contributed by atoms with Crippen molar-refractivity contribution in [3.8, 4) is 0 Å². The number of sulfonamides is 1. The quantitative estimate of drug-likeness (QED) is 0.829. The molecule has 1 aliphatic rings. The molecule has 0 fully saturated rings. The van der Waals surface area contributed by atoms with Crippen LogP contribution in [-0.2, 0) is 29.5 Å². The predicted octanol–water partition coefficient (Wildman–Crippen LogP) is 0.647. The number of amides is 1. The van der Waals surface area contributed by atoms with Crippen LogP contribution in [0, 0.1) is 0 Å². The smallest absolute Gasteiger partial charge is 0.266 e. The van der Waals surface area contributed by atoms with Crippen LogP contribution in [0.25, 0.3) is 0 Å². The summed E-state index contributed by atoms with van der Waals surface area (Å²) in [6.07, 6.45) is 3.83. The number of rotatable bonds is 4. The fraction of sp³-hybridized carbons (Fsp3) is 0.294.